The number of fused-ring (bicyclic) bond motifs is 1. The van der Waals surface area contributed by atoms with Gasteiger partial charge in [-0.2, -0.15) is 0 Å². The smallest absolute Gasteiger partial charge is 0.250 e. The maximum atomic E-state index is 12.4. The zero-order valence-electron chi connectivity index (χ0n) is 14.0. The highest BCUT2D eigenvalue weighted by molar-refractivity contribution is 6.03. The Morgan fingerprint density at radius 1 is 1.04 bits per heavy atom. The van der Waals surface area contributed by atoms with Crippen molar-refractivity contribution in [2.45, 2.75) is 13.8 Å². The van der Waals surface area contributed by atoms with Crippen molar-refractivity contribution >= 4 is 28.7 Å². The highest BCUT2D eigenvalue weighted by atomic mass is 16.2. The summed E-state index contributed by atoms with van der Waals surface area (Å²) in [5.41, 5.74) is 5.50. The average Bonchev–Trinajstić information content (AvgIpc) is 2.61. The summed E-state index contributed by atoms with van der Waals surface area (Å²) in [6.45, 7) is 4.06. The van der Waals surface area contributed by atoms with Gasteiger partial charge in [-0.1, -0.05) is 24.3 Å². The maximum Gasteiger partial charge on any atom is 0.250 e. The Labute approximate surface area is 141 Å². The number of carbonyl (C=O) groups excluding carboxylic acids is 1. The van der Waals surface area contributed by atoms with E-state index in [1.807, 2.05) is 56.3 Å². The van der Waals surface area contributed by atoms with E-state index in [4.69, 9.17) is 0 Å². The van der Waals surface area contributed by atoms with Crippen molar-refractivity contribution in [2.75, 3.05) is 11.9 Å². The standard InChI is InChI=1S/C20H19N3O/c1-14-7-6-10-19(15(14)2)23(3)20(24)12-11-16-13-21-17-8-4-5-9-18(17)22-16/h4-13H,1-3H3. The van der Waals surface area contributed by atoms with E-state index in [-0.39, 0.29) is 5.91 Å². The maximum absolute atomic E-state index is 12.4. The largest absolute Gasteiger partial charge is 0.312 e. The van der Waals surface area contributed by atoms with Crippen molar-refractivity contribution in [1.29, 1.82) is 0 Å². The van der Waals surface area contributed by atoms with Gasteiger partial charge in [0, 0.05) is 18.8 Å². The normalized spacial score (nSPS) is 11.1. The lowest BCUT2D eigenvalue weighted by molar-refractivity contribution is -0.113. The Morgan fingerprint density at radius 3 is 2.58 bits per heavy atom. The minimum atomic E-state index is -0.0985. The predicted octanol–water partition coefficient (Wildman–Crippen LogP) is 3.92. The lowest BCUT2D eigenvalue weighted by Crippen LogP contribution is -2.24. The topological polar surface area (TPSA) is 46.1 Å². The predicted molar refractivity (Wildman–Crippen MR) is 97.9 cm³/mol. The lowest BCUT2D eigenvalue weighted by atomic mass is 10.1. The second kappa shape index (κ2) is 6.62. The highest BCUT2D eigenvalue weighted by Gasteiger charge is 2.11. The summed E-state index contributed by atoms with van der Waals surface area (Å²) in [4.78, 5) is 22.9. The molecule has 4 nitrogen and oxygen atoms in total. The molecule has 0 aliphatic heterocycles. The molecule has 0 saturated carbocycles. The first-order chi connectivity index (χ1) is 11.6. The van der Waals surface area contributed by atoms with Crippen LogP contribution in [-0.4, -0.2) is 22.9 Å². The van der Waals surface area contributed by atoms with Gasteiger partial charge in [-0.05, 0) is 49.2 Å². The van der Waals surface area contributed by atoms with E-state index < -0.39 is 0 Å². The first-order valence-electron chi connectivity index (χ1n) is 7.80. The van der Waals surface area contributed by atoms with Gasteiger partial charge in [0.2, 0.25) is 0 Å². The van der Waals surface area contributed by atoms with Crippen LogP contribution in [0.15, 0.2) is 54.7 Å². The van der Waals surface area contributed by atoms with Crippen LogP contribution >= 0.6 is 0 Å². The number of benzene rings is 2. The second-order valence-electron chi connectivity index (χ2n) is 5.73. The van der Waals surface area contributed by atoms with Crippen molar-refractivity contribution in [3.8, 4) is 0 Å². The van der Waals surface area contributed by atoms with E-state index in [0.717, 1.165) is 27.8 Å². The number of rotatable bonds is 3. The van der Waals surface area contributed by atoms with Crippen LogP contribution in [0.25, 0.3) is 17.1 Å². The highest BCUT2D eigenvalue weighted by Crippen LogP contribution is 2.22. The second-order valence-corrected chi connectivity index (χ2v) is 5.73. The summed E-state index contributed by atoms with van der Waals surface area (Å²) in [7, 11) is 1.78. The molecule has 0 radical (unpaired) electrons. The van der Waals surface area contributed by atoms with Crippen LogP contribution in [-0.2, 0) is 4.79 Å². The molecule has 1 aromatic heterocycles. The van der Waals surface area contributed by atoms with Crippen LogP contribution < -0.4 is 4.90 Å². The van der Waals surface area contributed by atoms with Gasteiger partial charge in [0.1, 0.15) is 0 Å². The molecule has 0 N–H and O–H groups in total. The van der Waals surface area contributed by atoms with Gasteiger partial charge < -0.3 is 4.90 Å². The molecule has 4 heteroatoms. The van der Waals surface area contributed by atoms with Gasteiger partial charge in [0.05, 0.1) is 22.9 Å². The van der Waals surface area contributed by atoms with Crippen LogP contribution in [0.1, 0.15) is 16.8 Å². The molecule has 1 heterocycles. The summed E-state index contributed by atoms with van der Waals surface area (Å²) in [6.07, 6.45) is 4.90. The van der Waals surface area contributed by atoms with Gasteiger partial charge in [-0.15, -0.1) is 0 Å². The molecule has 120 valence electrons. The molecule has 0 fully saturated rings. The molecule has 0 aliphatic carbocycles. The zero-order valence-corrected chi connectivity index (χ0v) is 14.0. The molecule has 0 spiro atoms. The third-order valence-electron chi connectivity index (χ3n) is 4.13. The zero-order chi connectivity index (χ0) is 17.1. The number of nitrogens with zero attached hydrogens (tertiary/aromatic N) is 3. The van der Waals surface area contributed by atoms with E-state index in [1.54, 1.807) is 24.2 Å². The first kappa shape index (κ1) is 15.9. The fourth-order valence-corrected chi connectivity index (χ4v) is 2.54. The number of hydrogen-bond acceptors (Lipinski definition) is 3. The Kier molecular flexibility index (Phi) is 4.38. The van der Waals surface area contributed by atoms with Gasteiger partial charge in [-0.25, -0.2) is 4.98 Å². The Bertz CT molecular complexity index is 931. The quantitative estimate of drug-likeness (QED) is 0.688. The third kappa shape index (κ3) is 3.18. The van der Waals surface area contributed by atoms with Crippen molar-refractivity contribution in [3.63, 3.8) is 0 Å². The average molecular weight is 317 g/mol. The number of carbonyl (C=O) groups is 1. The SMILES string of the molecule is Cc1cccc(N(C)C(=O)C=Cc2cnc3ccccc3n2)c1C. The van der Waals surface area contributed by atoms with Crippen molar-refractivity contribution in [1.82, 2.24) is 9.97 Å². The van der Waals surface area contributed by atoms with Crippen LogP contribution in [0.5, 0.6) is 0 Å². The molecular weight excluding hydrogens is 298 g/mol. The number of para-hydroxylation sites is 2. The molecule has 0 atom stereocenters. The molecule has 2 aromatic carbocycles. The van der Waals surface area contributed by atoms with Crippen LogP contribution in [0.2, 0.25) is 0 Å². The molecule has 3 aromatic rings. The molecule has 0 aliphatic rings. The van der Waals surface area contributed by atoms with Gasteiger partial charge in [-0.3, -0.25) is 9.78 Å². The number of likely N-dealkylation sites (N-methyl/N-ethyl adjacent to an activating group) is 1. The number of amides is 1. The number of hydrogen-bond donors (Lipinski definition) is 0. The lowest BCUT2D eigenvalue weighted by Gasteiger charge is -2.19. The monoisotopic (exact) mass is 317 g/mol. The molecule has 1 amide bonds. The van der Waals surface area contributed by atoms with Crippen LogP contribution in [0.3, 0.4) is 0 Å². The molecule has 0 bridgehead atoms. The number of aryl methyl sites for hydroxylation is 1. The van der Waals surface area contributed by atoms with Gasteiger partial charge in [0.25, 0.3) is 5.91 Å². The van der Waals surface area contributed by atoms with E-state index >= 15 is 0 Å². The molecular formula is C20H19N3O. The van der Waals surface area contributed by atoms with Crippen molar-refractivity contribution in [2.24, 2.45) is 0 Å². The van der Waals surface area contributed by atoms with E-state index in [1.165, 1.54) is 6.08 Å². The van der Waals surface area contributed by atoms with Gasteiger partial charge in [0.15, 0.2) is 0 Å². The summed E-state index contributed by atoms with van der Waals surface area (Å²) < 4.78 is 0. The minimum Gasteiger partial charge on any atom is -0.312 e. The Balaban J connectivity index is 1.82. The molecule has 0 unspecified atom stereocenters. The van der Waals surface area contributed by atoms with Gasteiger partial charge >= 0.3 is 0 Å². The van der Waals surface area contributed by atoms with Crippen LogP contribution in [0.4, 0.5) is 5.69 Å². The first-order valence-corrected chi connectivity index (χ1v) is 7.80. The van der Waals surface area contributed by atoms with E-state index in [2.05, 4.69) is 9.97 Å². The third-order valence-corrected chi connectivity index (χ3v) is 4.13. The summed E-state index contributed by atoms with van der Waals surface area (Å²) in [5.74, 6) is -0.0985. The summed E-state index contributed by atoms with van der Waals surface area (Å²) in [5, 5.41) is 0. The summed E-state index contributed by atoms with van der Waals surface area (Å²) in [6, 6.07) is 13.6. The van der Waals surface area contributed by atoms with Crippen molar-refractivity contribution < 1.29 is 4.79 Å². The summed E-state index contributed by atoms with van der Waals surface area (Å²) >= 11 is 0. The fraction of sp³-hybridized carbons (Fsp3) is 0.150. The Morgan fingerprint density at radius 2 is 1.79 bits per heavy atom. The number of anilines is 1. The van der Waals surface area contributed by atoms with Crippen molar-refractivity contribution in [3.05, 3.63) is 71.6 Å². The Hall–Kier alpha value is -3.01. The molecule has 24 heavy (non-hydrogen) atoms. The van der Waals surface area contributed by atoms with Crippen LogP contribution in [0, 0.1) is 13.8 Å². The molecule has 3 rings (SSSR count). The fourth-order valence-electron chi connectivity index (χ4n) is 2.54. The van der Waals surface area contributed by atoms with E-state index in [0.29, 0.717) is 5.69 Å². The van der Waals surface area contributed by atoms with E-state index in [9.17, 15) is 4.79 Å². The number of aromatic nitrogens is 2. The molecule has 0 saturated heterocycles. The minimum absolute atomic E-state index is 0.0985.